The monoisotopic (exact) mass is 1010 g/mol. The van der Waals surface area contributed by atoms with Crippen molar-refractivity contribution >= 4 is 0 Å². The summed E-state index contributed by atoms with van der Waals surface area (Å²) in [5.74, 6) is 0.248. The fraction of sp³-hybridized carbons (Fsp3) is 1.00. The van der Waals surface area contributed by atoms with Crippen molar-refractivity contribution in [3.63, 3.8) is 0 Å². The lowest BCUT2D eigenvalue weighted by atomic mass is 9.69. The summed E-state index contributed by atoms with van der Waals surface area (Å²) < 4.78 is 74.3. The quantitative estimate of drug-likeness (QED) is 0.189. The second kappa shape index (κ2) is 32.8. The molecular weight excluding hydrogens is 897 g/mol. The molecular formula is C56H112O14. The van der Waals surface area contributed by atoms with Gasteiger partial charge in [0.2, 0.25) is 0 Å². The molecule has 0 aromatic heterocycles. The smallest absolute Gasteiger partial charge is 0.0701 e. The SMILES string of the molecule is CC(C)(C)CC1COCCOCCOCC(C)(C(C)(C)C)COCC(C)(COCCOCCO)COCC(C)(CO)COCCOCCOCC(C)(CC(C)(C)C)COCC(C)(CC(C)(C)C)COC1. The number of aliphatic hydroxyl groups excluding tert-OH is 2. The van der Waals surface area contributed by atoms with Gasteiger partial charge in [0.1, 0.15) is 0 Å². The molecule has 1 aliphatic heterocycles. The Kier molecular flexibility index (Phi) is 31.6. The zero-order valence-corrected chi connectivity index (χ0v) is 48.4. The van der Waals surface area contributed by atoms with Crippen LogP contribution < -0.4 is 0 Å². The van der Waals surface area contributed by atoms with Gasteiger partial charge in [-0.25, -0.2) is 0 Å². The highest BCUT2D eigenvalue weighted by atomic mass is 16.6. The van der Waals surface area contributed by atoms with Crippen LogP contribution in [0.4, 0.5) is 0 Å². The summed E-state index contributed by atoms with van der Waals surface area (Å²) in [5.41, 5.74) is -1.59. The molecule has 0 bridgehead atoms. The molecule has 0 amide bonds. The zero-order valence-electron chi connectivity index (χ0n) is 48.4. The fourth-order valence-corrected chi connectivity index (χ4v) is 9.16. The maximum absolute atomic E-state index is 10.4. The number of aliphatic hydroxyl groups is 2. The first-order valence-electron chi connectivity index (χ1n) is 26.5. The van der Waals surface area contributed by atoms with Crippen LogP contribution in [0.3, 0.4) is 0 Å². The lowest BCUT2D eigenvalue weighted by Gasteiger charge is -2.42. The Bertz CT molecular complexity index is 1310. The molecule has 1 fully saturated rings. The van der Waals surface area contributed by atoms with Gasteiger partial charge in [-0.05, 0) is 40.9 Å². The van der Waals surface area contributed by atoms with Crippen LogP contribution in [0.15, 0.2) is 0 Å². The first kappa shape index (κ1) is 67.5. The first-order valence-corrected chi connectivity index (χ1v) is 26.5. The molecule has 1 saturated heterocycles. The van der Waals surface area contributed by atoms with Crippen molar-refractivity contribution in [2.24, 2.45) is 54.7 Å². The summed E-state index contributed by atoms with van der Waals surface area (Å²) in [6.07, 6.45) is 2.90. The summed E-state index contributed by atoms with van der Waals surface area (Å²) >= 11 is 0. The topological polar surface area (TPSA) is 151 Å². The van der Waals surface area contributed by atoms with Gasteiger partial charge in [-0.2, -0.15) is 0 Å². The molecule has 0 saturated carbocycles. The molecule has 1 heterocycles. The van der Waals surface area contributed by atoms with E-state index >= 15 is 0 Å². The average Bonchev–Trinajstić information content (AvgIpc) is 3.21. The summed E-state index contributed by atoms with van der Waals surface area (Å²) in [7, 11) is 0. The van der Waals surface area contributed by atoms with Crippen molar-refractivity contribution in [2.75, 3.05) is 172 Å². The van der Waals surface area contributed by atoms with Gasteiger partial charge in [0.15, 0.2) is 0 Å². The van der Waals surface area contributed by atoms with Gasteiger partial charge in [-0.3, -0.25) is 0 Å². The van der Waals surface area contributed by atoms with E-state index in [0.29, 0.717) is 145 Å². The Hall–Kier alpha value is -0.560. The average molecular weight is 1010 g/mol. The second-order valence-electron chi connectivity index (χ2n) is 27.2. The summed E-state index contributed by atoms with van der Waals surface area (Å²) in [6.45, 7) is 48.7. The van der Waals surface area contributed by atoms with E-state index in [-0.39, 0.29) is 70.3 Å². The Labute approximate surface area is 429 Å². The molecule has 0 radical (unpaired) electrons. The van der Waals surface area contributed by atoms with Gasteiger partial charge in [0.05, 0.1) is 172 Å². The van der Waals surface area contributed by atoms with Crippen LogP contribution in [0, 0.1) is 54.7 Å². The minimum absolute atomic E-state index is 0.0336. The van der Waals surface area contributed by atoms with Crippen molar-refractivity contribution in [3.8, 4) is 0 Å². The predicted octanol–water partition coefficient (Wildman–Crippen LogP) is 9.19. The van der Waals surface area contributed by atoms with Gasteiger partial charge in [-0.1, -0.05) is 118 Å². The van der Waals surface area contributed by atoms with Gasteiger partial charge >= 0.3 is 0 Å². The van der Waals surface area contributed by atoms with Gasteiger partial charge in [0, 0.05) is 33.0 Å². The summed E-state index contributed by atoms with van der Waals surface area (Å²) in [5, 5.41) is 19.5. The van der Waals surface area contributed by atoms with Gasteiger partial charge in [0.25, 0.3) is 0 Å². The molecule has 6 unspecified atom stereocenters. The molecule has 6 atom stereocenters. The third-order valence-corrected chi connectivity index (χ3v) is 12.7. The third-order valence-electron chi connectivity index (χ3n) is 12.7. The second-order valence-corrected chi connectivity index (χ2v) is 27.2. The number of rotatable bonds is 11. The van der Waals surface area contributed by atoms with Crippen LogP contribution in [0.25, 0.3) is 0 Å². The maximum atomic E-state index is 10.4. The largest absolute Gasteiger partial charge is 0.396 e. The van der Waals surface area contributed by atoms with Crippen molar-refractivity contribution in [1.29, 1.82) is 0 Å². The van der Waals surface area contributed by atoms with Crippen molar-refractivity contribution in [1.82, 2.24) is 0 Å². The summed E-state index contributed by atoms with van der Waals surface area (Å²) in [4.78, 5) is 0. The van der Waals surface area contributed by atoms with Crippen LogP contribution >= 0.6 is 0 Å². The van der Waals surface area contributed by atoms with E-state index in [1.807, 2.05) is 6.92 Å². The van der Waals surface area contributed by atoms with Crippen molar-refractivity contribution in [2.45, 2.75) is 137 Å². The number of ether oxygens (including phenoxy) is 12. The van der Waals surface area contributed by atoms with E-state index in [4.69, 9.17) is 61.9 Å². The van der Waals surface area contributed by atoms with Crippen molar-refractivity contribution < 1.29 is 67.1 Å². The van der Waals surface area contributed by atoms with Gasteiger partial charge in [-0.15, -0.1) is 0 Å². The molecule has 0 spiro atoms. The van der Waals surface area contributed by atoms with E-state index in [1.54, 1.807) is 0 Å². The molecule has 1 rings (SSSR count). The van der Waals surface area contributed by atoms with Crippen LogP contribution in [0.1, 0.15) is 137 Å². The minimum Gasteiger partial charge on any atom is -0.396 e. The highest BCUT2D eigenvalue weighted by Gasteiger charge is 2.40. The number of hydrogen-bond acceptors (Lipinski definition) is 14. The van der Waals surface area contributed by atoms with E-state index in [2.05, 4.69) is 111 Å². The summed E-state index contributed by atoms with van der Waals surface area (Å²) in [6, 6.07) is 0. The highest BCUT2D eigenvalue weighted by Crippen LogP contribution is 2.40. The lowest BCUT2D eigenvalue weighted by Crippen LogP contribution is -2.44. The van der Waals surface area contributed by atoms with Crippen LogP contribution in [-0.2, 0) is 56.8 Å². The Morgan fingerprint density at radius 3 is 1.24 bits per heavy atom. The van der Waals surface area contributed by atoms with E-state index < -0.39 is 10.8 Å². The molecule has 14 heteroatoms. The minimum atomic E-state index is -0.621. The Balaban J connectivity index is 3.19. The number of hydrogen-bond donors (Lipinski definition) is 2. The molecule has 420 valence electrons. The molecule has 1 aliphatic rings. The maximum Gasteiger partial charge on any atom is 0.0701 e. The third kappa shape index (κ3) is 32.7. The zero-order chi connectivity index (χ0) is 53.1. The predicted molar refractivity (Wildman–Crippen MR) is 280 cm³/mol. The molecule has 2 N–H and O–H groups in total. The molecule has 14 nitrogen and oxygen atoms in total. The van der Waals surface area contributed by atoms with Crippen LogP contribution in [0.2, 0.25) is 0 Å². The lowest BCUT2D eigenvalue weighted by molar-refractivity contribution is -0.122. The fourth-order valence-electron chi connectivity index (χ4n) is 9.16. The normalized spacial score (nSPS) is 31.0. The van der Waals surface area contributed by atoms with Crippen LogP contribution in [0.5, 0.6) is 0 Å². The standard InChI is InChI=1S/C56H112O14/c1-48(2,3)30-47-31-62-25-20-60-24-29-66-45-56(17,51(10,11)12)46-70-44-55(16,42-65-26-21-59-19-18-57)43-69-41-54(15,35-58)40-64-28-23-61-22-27-63-36-52(13,33-49(4,5)6)38-68-39-53(14,37-67-32-47)34-50(7,8)9/h47,57-58H,18-46H2,1-17H3. The van der Waals surface area contributed by atoms with E-state index in [1.165, 1.54) is 0 Å². The molecule has 0 aromatic rings. The highest BCUT2D eigenvalue weighted by molar-refractivity contribution is 4.88. The molecule has 0 aliphatic carbocycles. The molecule has 0 aromatic carbocycles. The van der Waals surface area contributed by atoms with Crippen LogP contribution in [-0.4, -0.2) is 182 Å². The van der Waals surface area contributed by atoms with Gasteiger partial charge < -0.3 is 67.1 Å². The van der Waals surface area contributed by atoms with E-state index in [0.717, 1.165) is 19.3 Å². The first-order chi connectivity index (χ1) is 32.4. The Morgan fingerprint density at radius 2 is 0.771 bits per heavy atom. The van der Waals surface area contributed by atoms with E-state index in [9.17, 15) is 5.11 Å². The van der Waals surface area contributed by atoms with Crippen molar-refractivity contribution in [3.05, 3.63) is 0 Å². The molecule has 70 heavy (non-hydrogen) atoms. The Morgan fingerprint density at radius 1 is 0.400 bits per heavy atom.